The molecule has 0 aliphatic heterocycles. The lowest BCUT2D eigenvalue weighted by Crippen LogP contribution is -2.53. The molecule has 0 aromatic heterocycles. The normalized spacial score (nSPS) is 18.0. The zero-order valence-electron chi connectivity index (χ0n) is 6.57. The molecule has 0 bridgehead atoms. The molecule has 0 aromatic carbocycles. The van der Waals surface area contributed by atoms with E-state index in [2.05, 4.69) is 13.0 Å². The molecule has 68 valence electrons. The van der Waals surface area contributed by atoms with Crippen molar-refractivity contribution in [2.75, 3.05) is 14.2 Å². The van der Waals surface area contributed by atoms with Crippen molar-refractivity contribution in [2.24, 2.45) is 0 Å². The van der Waals surface area contributed by atoms with Gasteiger partial charge in [-0.3, -0.25) is 0 Å². The van der Waals surface area contributed by atoms with Gasteiger partial charge in [-0.1, -0.05) is 0 Å². The summed E-state index contributed by atoms with van der Waals surface area (Å²) < 4.78 is 13.1. The molecule has 0 amide bonds. The highest BCUT2D eigenvalue weighted by Crippen LogP contribution is 2.07. The molecule has 3 N–H and O–H groups in total. The van der Waals surface area contributed by atoms with E-state index in [1.165, 1.54) is 13.7 Å². The van der Waals surface area contributed by atoms with Gasteiger partial charge in [0, 0.05) is 20.8 Å². The summed E-state index contributed by atoms with van der Waals surface area (Å²) in [7, 11) is -5.25. The molecule has 0 radical (unpaired) electrons. The molecule has 1 unspecified atom stereocenters. The minimum absolute atomic E-state index is 1.08. The molecule has 0 aliphatic rings. The van der Waals surface area contributed by atoms with Crippen molar-refractivity contribution >= 4 is 17.9 Å². The van der Waals surface area contributed by atoms with Crippen LogP contribution in [0.1, 0.15) is 0 Å². The SMILES string of the molecule is CO[Si](C)(O)O[Si](O)(O)OC. The Morgan fingerprint density at radius 1 is 1.00 bits per heavy atom. The first-order chi connectivity index (χ1) is 4.83. The minimum atomic E-state index is -4.15. The summed E-state index contributed by atoms with van der Waals surface area (Å²) in [4.78, 5) is 26.8. The van der Waals surface area contributed by atoms with Gasteiger partial charge in [-0.15, -0.1) is 0 Å². The second kappa shape index (κ2) is 3.73. The van der Waals surface area contributed by atoms with Crippen LogP contribution in [0, 0.1) is 0 Å². The lowest BCUT2D eigenvalue weighted by atomic mass is 11.8. The fourth-order valence-corrected chi connectivity index (χ4v) is 2.97. The van der Waals surface area contributed by atoms with Crippen molar-refractivity contribution in [3.8, 4) is 0 Å². The van der Waals surface area contributed by atoms with E-state index in [1.54, 1.807) is 0 Å². The van der Waals surface area contributed by atoms with E-state index in [9.17, 15) is 0 Å². The Balaban J connectivity index is 4.02. The molecule has 0 fully saturated rings. The second-order valence-corrected chi connectivity index (χ2v) is 6.48. The van der Waals surface area contributed by atoms with Gasteiger partial charge >= 0.3 is 17.9 Å². The van der Waals surface area contributed by atoms with E-state index in [0.717, 1.165) is 7.11 Å². The summed E-state index contributed by atoms with van der Waals surface area (Å²) >= 11 is 0. The van der Waals surface area contributed by atoms with Gasteiger partial charge in [0.2, 0.25) is 0 Å². The molecule has 6 nitrogen and oxygen atoms in total. The quantitative estimate of drug-likeness (QED) is 0.468. The van der Waals surface area contributed by atoms with Crippen molar-refractivity contribution in [1.82, 2.24) is 0 Å². The monoisotopic (exact) mass is 200 g/mol. The summed E-state index contributed by atoms with van der Waals surface area (Å²) in [6.45, 7) is 1.25. The fourth-order valence-electron chi connectivity index (χ4n) is 0.330. The molecule has 0 aromatic rings. The predicted octanol–water partition coefficient (Wildman–Crippen LogP) is -1.72. The maximum Gasteiger partial charge on any atom is 0.666 e. The van der Waals surface area contributed by atoms with Crippen molar-refractivity contribution in [3.63, 3.8) is 0 Å². The Bertz CT molecular complexity index is 111. The van der Waals surface area contributed by atoms with E-state index in [1.807, 2.05) is 0 Å². The van der Waals surface area contributed by atoms with Crippen LogP contribution in [0.4, 0.5) is 0 Å². The molecule has 0 aliphatic carbocycles. The van der Waals surface area contributed by atoms with Crippen molar-refractivity contribution in [2.45, 2.75) is 6.55 Å². The second-order valence-electron chi connectivity index (χ2n) is 1.96. The summed E-state index contributed by atoms with van der Waals surface area (Å²) in [6, 6.07) is 0. The van der Waals surface area contributed by atoms with Crippen molar-refractivity contribution in [1.29, 1.82) is 0 Å². The van der Waals surface area contributed by atoms with E-state index < -0.39 is 17.9 Å². The standard InChI is InChI=1S/C3H12O6Si2/c1-7-10(3,4)9-11(5,6)8-2/h4-6H,1-3H3. The average molecular weight is 200 g/mol. The van der Waals surface area contributed by atoms with E-state index in [0.29, 0.717) is 0 Å². The molecule has 0 saturated carbocycles. The topological polar surface area (TPSA) is 88.4 Å². The molecule has 0 saturated heterocycles. The Morgan fingerprint density at radius 3 is 1.73 bits per heavy atom. The van der Waals surface area contributed by atoms with Crippen LogP contribution in [0.5, 0.6) is 0 Å². The van der Waals surface area contributed by atoms with E-state index in [4.69, 9.17) is 14.4 Å². The number of hydrogen-bond acceptors (Lipinski definition) is 6. The average Bonchev–Trinajstić information content (AvgIpc) is 1.86. The van der Waals surface area contributed by atoms with Crippen molar-refractivity contribution in [3.05, 3.63) is 0 Å². The lowest BCUT2D eigenvalue weighted by molar-refractivity contribution is 0.0574. The fraction of sp³-hybridized carbons (Fsp3) is 1.00. The van der Waals surface area contributed by atoms with Gasteiger partial charge in [0.25, 0.3) is 0 Å². The number of rotatable bonds is 4. The van der Waals surface area contributed by atoms with Gasteiger partial charge in [0.1, 0.15) is 0 Å². The van der Waals surface area contributed by atoms with Gasteiger partial charge in [-0.25, -0.2) is 0 Å². The van der Waals surface area contributed by atoms with Crippen LogP contribution in [-0.2, 0) is 13.0 Å². The van der Waals surface area contributed by atoms with Gasteiger partial charge in [0.05, 0.1) is 0 Å². The van der Waals surface area contributed by atoms with Crippen LogP contribution >= 0.6 is 0 Å². The van der Waals surface area contributed by atoms with Crippen molar-refractivity contribution < 1.29 is 27.4 Å². The van der Waals surface area contributed by atoms with Crippen LogP contribution in [0.25, 0.3) is 0 Å². The maximum absolute atomic E-state index is 9.12. The van der Waals surface area contributed by atoms with Crippen LogP contribution in [0.15, 0.2) is 0 Å². The molecular weight excluding hydrogens is 188 g/mol. The maximum atomic E-state index is 9.12. The summed E-state index contributed by atoms with van der Waals surface area (Å²) in [5.41, 5.74) is 0. The molecule has 11 heavy (non-hydrogen) atoms. The minimum Gasteiger partial charge on any atom is -0.390 e. The highest BCUT2D eigenvalue weighted by atomic mass is 28.5. The molecular formula is C3H12O6Si2. The third-order valence-electron chi connectivity index (χ3n) is 0.967. The Morgan fingerprint density at radius 2 is 1.45 bits per heavy atom. The van der Waals surface area contributed by atoms with E-state index >= 15 is 0 Å². The molecule has 0 rings (SSSR count). The van der Waals surface area contributed by atoms with Crippen LogP contribution in [0.3, 0.4) is 0 Å². The number of hydrogen-bond donors (Lipinski definition) is 3. The third-order valence-corrected chi connectivity index (χ3v) is 4.83. The molecule has 0 heterocycles. The first-order valence-electron chi connectivity index (χ1n) is 2.80. The van der Waals surface area contributed by atoms with E-state index in [-0.39, 0.29) is 0 Å². The first-order valence-corrected chi connectivity index (χ1v) is 6.78. The zero-order chi connectivity index (χ0) is 9.12. The largest absolute Gasteiger partial charge is 0.666 e. The van der Waals surface area contributed by atoms with Gasteiger partial charge < -0.3 is 27.4 Å². The highest BCUT2D eigenvalue weighted by molar-refractivity contribution is 6.69. The Hall–Kier alpha value is 0.194. The summed E-state index contributed by atoms with van der Waals surface area (Å²) in [6.07, 6.45) is 0. The zero-order valence-corrected chi connectivity index (χ0v) is 8.57. The smallest absolute Gasteiger partial charge is 0.390 e. The molecule has 1 atom stereocenters. The molecule has 8 heteroatoms. The first kappa shape index (κ1) is 11.2. The van der Waals surface area contributed by atoms with Crippen LogP contribution in [0.2, 0.25) is 6.55 Å². The van der Waals surface area contributed by atoms with Gasteiger partial charge in [-0.2, -0.15) is 0 Å². The Kier molecular flexibility index (Phi) is 3.80. The third kappa shape index (κ3) is 4.60. The van der Waals surface area contributed by atoms with Gasteiger partial charge in [0.15, 0.2) is 0 Å². The lowest BCUT2D eigenvalue weighted by Gasteiger charge is -2.23. The van der Waals surface area contributed by atoms with Gasteiger partial charge in [-0.05, 0) is 0 Å². The summed E-state index contributed by atoms with van der Waals surface area (Å²) in [5.74, 6) is 0. The van der Waals surface area contributed by atoms with Crippen LogP contribution in [-0.4, -0.2) is 46.5 Å². The predicted molar refractivity (Wildman–Crippen MR) is 39.1 cm³/mol. The highest BCUT2D eigenvalue weighted by Gasteiger charge is 2.45. The van der Waals surface area contributed by atoms with Crippen LogP contribution < -0.4 is 0 Å². The molecule has 0 spiro atoms. The summed E-state index contributed by atoms with van der Waals surface area (Å²) in [5, 5.41) is 0. The Labute approximate surface area is 66.8 Å².